The van der Waals surface area contributed by atoms with Gasteiger partial charge in [0.1, 0.15) is 5.69 Å². The Morgan fingerprint density at radius 2 is 1.81 bits per heavy atom. The molecule has 4 aromatic rings. The molecule has 2 N–H and O–H groups in total. The Bertz CT molecular complexity index is 1060. The van der Waals surface area contributed by atoms with Crippen molar-refractivity contribution in [3.8, 4) is 11.1 Å². The van der Waals surface area contributed by atoms with Crippen LogP contribution >= 0.6 is 0 Å². The van der Waals surface area contributed by atoms with Crippen molar-refractivity contribution in [2.45, 2.75) is 20.4 Å². The Morgan fingerprint density at radius 3 is 2.59 bits per heavy atom. The van der Waals surface area contributed by atoms with Crippen molar-refractivity contribution in [2.75, 3.05) is 6.54 Å². The number of amides is 1. The van der Waals surface area contributed by atoms with E-state index < -0.39 is 0 Å². The smallest absolute Gasteiger partial charge is 0.267 e. The molecular weight excluding hydrogens is 336 g/mol. The van der Waals surface area contributed by atoms with Crippen LogP contribution < -0.4 is 5.32 Å². The van der Waals surface area contributed by atoms with E-state index in [9.17, 15) is 4.79 Å². The highest BCUT2D eigenvalue weighted by molar-refractivity contribution is 5.97. The summed E-state index contributed by atoms with van der Waals surface area (Å²) in [6.07, 6.45) is 0. The number of nitrogens with zero attached hydrogens (tertiary/aromatic N) is 2. The molecular formula is C22H22N4O. The van der Waals surface area contributed by atoms with Crippen LogP contribution in [0.5, 0.6) is 0 Å². The molecule has 0 atom stereocenters. The number of carbonyl (C=O) groups is 1. The molecule has 0 unspecified atom stereocenters. The van der Waals surface area contributed by atoms with Gasteiger partial charge < -0.3 is 10.3 Å². The number of fused-ring (bicyclic) bond motifs is 1. The van der Waals surface area contributed by atoms with Gasteiger partial charge in [-0.2, -0.15) is 5.10 Å². The Morgan fingerprint density at radius 1 is 1.07 bits per heavy atom. The third kappa shape index (κ3) is 3.36. The third-order valence-electron chi connectivity index (χ3n) is 4.83. The summed E-state index contributed by atoms with van der Waals surface area (Å²) in [6, 6.07) is 20.0. The van der Waals surface area contributed by atoms with Crippen molar-refractivity contribution in [2.24, 2.45) is 0 Å². The number of hydrogen-bond acceptors (Lipinski definition) is 2. The summed E-state index contributed by atoms with van der Waals surface area (Å²) >= 11 is 0. The Balaban J connectivity index is 1.44. The molecule has 136 valence electrons. The molecule has 2 aromatic carbocycles. The second-order valence-electron chi connectivity index (χ2n) is 6.66. The van der Waals surface area contributed by atoms with Crippen LogP contribution in [0.1, 0.15) is 21.9 Å². The van der Waals surface area contributed by atoms with Gasteiger partial charge in [0.2, 0.25) is 0 Å². The molecule has 0 aliphatic rings. The fourth-order valence-electron chi connectivity index (χ4n) is 3.50. The van der Waals surface area contributed by atoms with E-state index in [0.29, 0.717) is 18.8 Å². The van der Waals surface area contributed by atoms with Crippen molar-refractivity contribution in [3.63, 3.8) is 0 Å². The summed E-state index contributed by atoms with van der Waals surface area (Å²) < 4.78 is 1.96. The first kappa shape index (κ1) is 17.1. The van der Waals surface area contributed by atoms with Crippen LogP contribution in [0.15, 0.2) is 60.7 Å². The topological polar surface area (TPSA) is 62.7 Å². The zero-order chi connectivity index (χ0) is 18.8. The third-order valence-corrected chi connectivity index (χ3v) is 4.83. The van der Waals surface area contributed by atoms with Gasteiger partial charge in [0, 0.05) is 28.7 Å². The van der Waals surface area contributed by atoms with E-state index in [1.54, 1.807) is 0 Å². The number of carbonyl (C=O) groups excluding carboxylic acids is 1. The van der Waals surface area contributed by atoms with Crippen molar-refractivity contribution < 1.29 is 4.79 Å². The summed E-state index contributed by atoms with van der Waals surface area (Å²) in [5, 5.41) is 8.66. The van der Waals surface area contributed by atoms with Gasteiger partial charge >= 0.3 is 0 Å². The lowest BCUT2D eigenvalue weighted by atomic mass is 10.0. The molecule has 27 heavy (non-hydrogen) atoms. The van der Waals surface area contributed by atoms with Crippen LogP contribution in [0.3, 0.4) is 0 Å². The van der Waals surface area contributed by atoms with E-state index in [-0.39, 0.29) is 5.91 Å². The number of aryl methyl sites for hydroxylation is 1. The number of benzene rings is 2. The maximum atomic E-state index is 12.4. The highest BCUT2D eigenvalue weighted by Gasteiger charge is 2.14. The summed E-state index contributed by atoms with van der Waals surface area (Å²) in [5.74, 6) is -0.101. The first-order chi connectivity index (χ1) is 13.1. The monoisotopic (exact) mass is 358 g/mol. The van der Waals surface area contributed by atoms with Crippen molar-refractivity contribution in [1.29, 1.82) is 0 Å². The van der Waals surface area contributed by atoms with E-state index in [1.165, 1.54) is 5.56 Å². The molecule has 5 nitrogen and oxygen atoms in total. The molecule has 0 aliphatic heterocycles. The van der Waals surface area contributed by atoms with Crippen molar-refractivity contribution in [3.05, 3.63) is 77.7 Å². The van der Waals surface area contributed by atoms with Gasteiger partial charge in [-0.25, -0.2) is 0 Å². The van der Waals surface area contributed by atoms with Crippen molar-refractivity contribution >= 4 is 16.8 Å². The van der Waals surface area contributed by atoms with Crippen LogP contribution in [0.4, 0.5) is 0 Å². The summed E-state index contributed by atoms with van der Waals surface area (Å²) in [4.78, 5) is 15.6. The fraction of sp³-hybridized carbons (Fsp3) is 0.182. The number of H-pyrrole nitrogens is 1. The number of rotatable bonds is 5. The Labute approximate surface area is 158 Å². The van der Waals surface area contributed by atoms with Crippen LogP contribution in [0.25, 0.3) is 22.0 Å². The minimum absolute atomic E-state index is 0.101. The minimum atomic E-state index is -0.101. The number of para-hydroxylation sites is 1. The second kappa shape index (κ2) is 7.11. The maximum Gasteiger partial charge on any atom is 0.267 e. The van der Waals surface area contributed by atoms with Gasteiger partial charge in [-0.05, 0) is 31.5 Å². The van der Waals surface area contributed by atoms with Crippen molar-refractivity contribution in [1.82, 2.24) is 20.1 Å². The fourth-order valence-corrected chi connectivity index (χ4v) is 3.50. The number of nitrogens with one attached hydrogen (secondary N) is 2. The average Bonchev–Trinajstić information content (AvgIpc) is 3.23. The van der Waals surface area contributed by atoms with Crippen LogP contribution in [0.2, 0.25) is 0 Å². The molecule has 1 amide bonds. The van der Waals surface area contributed by atoms with E-state index in [0.717, 1.165) is 27.9 Å². The second-order valence-corrected chi connectivity index (χ2v) is 6.66. The van der Waals surface area contributed by atoms with E-state index in [1.807, 2.05) is 60.1 Å². The van der Waals surface area contributed by atoms with Gasteiger partial charge in [-0.1, -0.05) is 48.5 Å². The average molecular weight is 358 g/mol. The van der Waals surface area contributed by atoms with Gasteiger partial charge in [-0.15, -0.1) is 0 Å². The lowest BCUT2D eigenvalue weighted by molar-refractivity contribution is 0.0947. The number of hydrogen-bond donors (Lipinski definition) is 2. The Hall–Kier alpha value is -3.34. The first-order valence-corrected chi connectivity index (χ1v) is 9.09. The highest BCUT2D eigenvalue weighted by Crippen LogP contribution is 2.26. The van der Waals surface area contributed by atoms with Gasteiger partial charge in [0.25, 0.3) is 5.91 Å². The molecule has 0 radical (unpaired) electrons. The van der Waals surface area contributed by atoms with Crippen LogP contribution in [-0.2, 0) is 6.54 Å². The molecule has 0 saturated carbocycles. The van der Waals surface area contributed by atoms with Crippen LogP contribution in [0, 0.1) is 13.8 Å². The number of aromatic amines is 1. The SMILES string of the molecule is Cc1nn(CCNC(=O)c2cc3ccccc3[nH]2)c(C)c1-c1ccccc1. The Kier molecular flexibility index (Phi) is 4.50. The lowest BCUT2D eigenvalue weighted by Crippen LogP contribution is -2.28. The molecule has 5 heteroatoms. The highest BCUT2D eigenvalue weighted by atomic mass is 16.1. The molecule has 0 bridgehead atoms. The van der Waals surface area contributed by atoms with Gasteiger partial charge in [0.05, 0.1) is 12.2 Å². The molecule has 0 fully saturated rings. The number of aromatic nitrogens is 3. The molecule has 0 aliphatic carbocycles. The molecule has 0 saturated heterocycles. The predicted molar refractivity (Wildman–Crippen MR) is 108 cm³/mol. The quantitative estimate of drug-likeness (QED) is 0.565. The summed E-state index contributed by atoms with van der Waals surface area (Å²) in [7, 11) is 0. The molecule has 2 aromatic heterocycles. The minimum Gasteiger partial charge on any atom is -0.351 e. The predicted octanol–water partition coefficient (Wildman–Crippen LogP) is 4.08. The van der Waals surface area contributed by atoms with Gasteiger partial charge in [-0.3, -0.25) is 9.48 Å². The largest absolute Gasteiger partial charge is 0.351 e. The zero-order valence-corrected chi connectivity index (χ0v) is 15.5. The van der Waals surface area contributed by atoms with E-state index >= 15 is 0 Å². The van der Waals surface area contributed by atoms with Crippen LogP contribution in [-0.4, -0.2) is 27.2 Å². The lowest BCUT2D eigenvalue weighted by Gasteiger charge is -2.07. The summed E-state index contributed by atoms with van der Waals surface area (Å²) in [6.45, 7) is 5.24. The van der Waals surface area contributed by atoms with E-state index in [2.05, 4.69) is 34.5 Å². The molecule has 4 rings (SSSR count). The standard InChI is InChI=1S/C22H22N4O/c1-15-21(17-8-4-3-5-9-17)16(2)26(25-15)13-12-23-22(27)20-14-18-10-6-7-11-19(18)24-20/h3-11,14,24H,12-13H2,1-2H3,(H,23,27). The normalized spacial score (nSPS) is 11.0. The zero-order valence-electron chi connectivity index (χ0n) is 15.5. The molecule has 2 heterocycles. The molecule has 0 spiro atoms. The van der Waals surface area contributed by atoms with Gasteiger partial charge in [0.15, 0.2) is 0 Å². The maximum absolute atomic E-state index is 12.4. The first-order valence-electron chi connectivity index (χ1n) is 9.09. The van der Waals surface area contributed by atoms with E-state index in [4.69, 9.17) is 0 Å². The summed E-state index contributed by atoms with van der Waals surface area (Å²) in [5.41, 5.74) is 5.99.